The molecule has 3 heteroatoms. The Hall–Kier alpha value is -2.13. The van der Waals surface area contributed by atoms with Gasteiger partial charge < -0.3 is 9.47 Å². The molecule has 23 heavy (non-hydrogen) atoms. The molecule has 0 amide bonds. The van der Waals surface area contributed by atoms with Crippen LogP contribution in [0.1, 0.15) is 47.7 Å². The molecule has 0 heterocycles. The lowest BCUT2D eigenvalue weighted by Crippen LogP contribution is -2.22. The highest BCUT2D eigenvalue weighted by atomic mass is 16.7. The third-order valence-corrected chi connectivity index (χ3v) is 4.07. The molecule has 0 saturated heterocycles. The highest BCUT2D eigenvalue weighted by Gasteiger charge is 2.16. The first kappa shape index (κ1) is 17.2. The molecular formula is C20H24O3. The number of ether oxygens (including phenoxy) is 2. The molecule has 0 aliphatic rings. The smallest absolute Gasteiger partial charge is 0.340 e. The van der Waals surface area contributed by atoms with E-state index in [2.05, 4.69) is 13.8 Å². The van der Waals surface area contributed by atoms with Crippen molar-refractivity contribution in [1.29, 1.82) is 0 Å². The Kier molecular flexibility index (Phi) is 6.36. The minimum absolute atomic E-state index is 0.358. The average molecular weight is 312 g/mol. The van der Waals surface area contributed by atoms with E-state index in [-0.39, 0.29) is 5.97 Å². The van der Waals surface area contributed by atoms with E-state index in [0.717, 1.165) is 12.0 Å². The zero-order valence-electron chi connectivity index (χ0n) is 14.0. The number of rotatable bonds is 7. The van der Waals surface area contributed by atoms with Gasteiger partial charge in [0, 0.05) is 13.5 Å². The second kappa shape index (κ2) is 8.49. The van der Waals surface area contributed by atoms with Crippen LogP contribution < -0.4 is 0 Å². The third kappa shape index (κ3) is 4.93. The summed E-state index contributed by atoms with van der Waals surface area (Å²) >= 11 is 0. The fourth-order valence-corrected chi connectivity index (χ4v) is 2.35. The largest absolute Gasteiger partial charge is 0.432 e. The standard InChI is InChI=1S/C20H24O3/c1-4-15(2)17-10-12-18(13-11-17)20(21)23-19(22-3)14-16-8-6-5-7-9-16/h5-13,15,19H,4,14H2,1-3H3. The lowest BCUT2D eigenvalue weighted by Gasteiger charge is -2.16. The molecular weight excluding hydrogens is 288 g/mol. The molecule has 0 saturated carbocycles. The van der Waals surface area contributed by atoms with Crippen molar-refractivity contribution >= 4 is 5.97 Å². The summed E-state index contributed by atoms with van der Waals surface area (Å²) in [4.78, 5) is 12.3. The first-order valence-electron chi connectivity index (χ1n) is 8.01. The Morgan fingerprint density at radius 1 is 1.04 bits per heavy atom. The molecule has 0 aromatic heterocycles. The molecule has 3 nitrogen and oxygen atoms in total. The summed E-state index contributed by atoms with van der Waals surface area (Å²) in [6, 6.07) is 17.5. The van der Waals surface area contributed by atoms with E-state index in [9.17, 15) is 4.79 Å². The minimum atomic E-state index is -0.584. The van der Waals surface area contributed by atoms with Crippen molar-refractivity contribution < 1.29 is 14.3 Å². The molecule has 0 spiro atoms. The Morgan fingerprint density at radius 2 is 1.70 bits per heavy atom. The van der Waals surface area contributed by atoms with Gasteiger partial charge in [0.05, 0.1) is 5.56 Å². The van der Waals surface area contributed by atoms with Crippen LogP contribution in [0.3, 0.4) is 0 Å². The number of methoxy groups -OCH3 is 1. The summed E-state index contributed by atoms with van der Waals surface area (Å²) < 4.78 is 10.7. The molecule has 2 rings (SSSR count). The fraction of sp³-hybridized carbons (Fsp3) is 0.350. The summed E-state index contributed by atoms with van der Waals surface area (Å²) in [6.07, 6.45) is 1.03. The SMILES string of the molecule is CCC(C)c1ccc(C(=O)OC(Cc2ccccc2)OC)cc1. The highest BCUT2D eigenvalue weighted by molar-refractivity contribution is 5.89. The van der Waals surface area contributed by atoms with Gasteiger partial charge in [-0.15, -0.1) is 0 Å². The van der Waals surface area contributed by atoms with Gasteiger partial charge in [-0.3, -0.25) is 0 Å². The number of esters is 1. The second-order valence-electron chi connectivity index (χ2n) is 5.69. The Balaban J connectivity index is 1.99. The third-order valence-electron chi connectivity index (χ3n) is 4.07. The van der Waals surface area contributed by atoms with Crippen molar-refractivity contribution in [3.8, 4) is 0 Å². The number of hydrogen-bond acceptors (Lipinski definition) is 3. The summed E-state index contributed by atoms with van der Waals surface area (Å²) in [6.45, 7) is 4.33. The van der Waals surface area contributed by atoms with Crippen LogP contribution in [-0.2, 0) is 15.9 Å². The van der Waals surface area contributed by atoms with Gasteiger partial charge in [0.15, 0.2) is 0 Å². The van der Waals surface area contributed by atoms with Crippen molar-refractivity contribution in [2.24, 2.45) is 0 Å². The van der Waals surface area contributed by atoms with Gasteiger partial charge in [-0.2, -0.15) is 0 Å². The van der Waals surface area contributed by atoms with Crippen LogP contribution in [0.15, 0.2) is 54.6 Å². The summed E-state index contributed by atoms with van der Waals surface area (Å²) in [5.74, 6) is 0.133. The quantitative estimate of drug-likeness (QED) is 0.555. The molecule has 0 bridgehead atoms. The predicted molar refractivity (Wildman–Crippen MR) is 91.5 cm³/mol. The van der Waals surface area contributed by atoms with Gasteiger partial charge in [0.2, 0.25) is 6.29 Å². The molecule has 2 unspecified atom stereocenters. The van der Waals surface area contributed by atoms with Gasteiger partial charge in [0.1, 0.15) is 0 Å². The van der Waals surface area contributed by atoms with Crippen LogP contribution in [-0.4, -0.2) is 19.4 Å². The monoisotopic (exact) mass is 312 g/mol. The maximum Gasteiger partial charge on any atom is 0.340 e. The van der Waals surface area contributed by atoms with Crippen LogP contribution in [0, 0.1) is 0 Å². The van der Waals surface area contributed by atoms with Crippen LogP contribution in [0.5, 0.6) is 0 Å². The van der Waals surface area contributed by atoms with E-state index >= 15 is 0 Å². The molecule has 122 valence electrons. The number of carbonyl (C=O) groups is 1. The van der Waals surface area contributed by atoms with Crippen molar-refractivity contribution in [1.82, 2.24) is 0 Å². The first-order chi connectivity index (χ1) is 11.1. The number of hydrogen-bond donors (Lipinski definition) is 0. The molecule has 2 aromatic carbocycles. The summed E-state index contributed by atoms with van der Waals surface area (Å²) in [5, 5.41) is 0. The van der Waals surface area contributed by atoms with E-state index in [0.29, 0.717) is 17.9 Å². The maximum absolute atomic E-state index is 12.3. The first-order valence-corrected chi connectivity index (χ1v) is 8.01. The van der Waals surface area contributed by atoms with Crippen molar-refractivity contribution in [3.63, 3.8) is 0 Å². The molecule has 2 atom stereocenters. The van der Waals surface area contributed by atoms with E-state index in [1.54, 1.807) is 7.11 Å². The maximum atomic E-state index is 12.3. The van der Waals surface area contributed by atoms with Gasteiger partial charge in [-0.05, 0) is 35.6 Å². The van der Waals surface area contributed by atoms with Gasteiger partial charge in [-0.1, -0.05) is 56.3 Å². The molecule has 2 aromatic rings. The highest BCUT2D eigenvalue weighted by Crippen LogP contribution is 2.19. The van der Waals surface area contributed by atoms with Crippen LogP contribution in [0.2, 0.25) is 0 Å². The molecule has 0 aliphatic heterocycles. The van der Waals surface area contributed by atoms with Gasteiger partial charge in [0.25, 0.3) is 0 Å². The normalized spacial score (nSPS) is 13.3. The molecule has 0 fully saturated rings. The van der Waals surface area contributed by atoms with E-state index in [1.165, 1.54) is 5.56 Å². The zero-order valence-corrected chi connectivity index (χ0v) is 14.0. The van der Waals surface area contributed by atoms with Crippen molar-refractivity contribution in [3.05, 3.63) is 71.3 Å². The summed E-state index contributed by atoms with van der Waals surface area (Å²) in [7, 11) is 1.55. The van der Waals surface area contributed by atoms with E-state index < -0.39 is 6.29 Å². The number of benzene rings is 2. The minimum Gasteiger partial charge on any atom is -0.432 e. The lowest BCUT2D eigenvalue weighted by atomic mass is 9.98. The lowest BCUT2D eigenvalue weighted by molar-refractivity contribution is -0.0882. The van der Waals surface area contributed by atoms with E-state index in [1.807, 2.05) is 54.6 Å². The topological polar surface area (TPSA) is 35.5 Å². The molecule has 0 radical (unpaired) electrons. The summed E-state index contributed by atoms with van der Waals surface area (Å²) in [5.41, 5.74) is 2.85. The Bertz CT molecular complexity index is 605. The van der Waals surface area contributed by atoms with Gasteiger partial charge in [-0.25, -0.2) is 4.79 Å². The molecule has 0 aliphatic carbocycles. The van der Waals surface area contributed by atoms with Crippen LogP contribution >= 0.6 is 0 Å². The zero-order chi connectivity index (χ0) is 16.7. The Morgan fingerprint density at radius 3 is 2.26 bits per heavy atom. The van der Waals surface area contributed by atoms with Crippen molar-refractivity contribution in [2.45, 2.75) is 38.9 Å². The fourth-order valence-electron chi connectivity index (χ4n) is 2.35. The molecule has 0 N–H and O–H groups in total. The second-order valence-corrected chi connectivity index (χ2v) is 5.69. The number of carbonyl (C=O) groups excluding carboxylic acids is 1. The average Bonchev–Trinajstić information content (AvgIpc) is 2.61. The van der Waals surface area contributed by atoms with Crippen LogP contribution in [0.25, 0.3) is 0 Å². The van der Waals surface area contributed by atoms with Crippen molar-refractivity contribution in [2.75, 3.05) is 7.11 Å². The van der Waals surface area contributed by atoms with E-state index in [4.69, 9.17) is 9.47 Å². The Labute approximate surface area is 138 Å². The van der Waals surface area contributed by atoms with Crippen LogP contribution in [0.4, 0.5) is 0 Å². The predicted octanol–water partition coefficient (Wildman–Crippen LogP) is 4.57. The van der Waals surface area contributed by atoms with Gasteiger partial charge >= 0.3 is 5.97 Å².